The van der Waals surface area contributed by atoms with Gasteiger partial charge in [0.2, 0.25) is 5.91 Å². The average Bonchev–Trinajstić information content (AvgIpc) is 2.78. The van der Waals surface area contributed by atoms with E-state index in [0.29, 0.717) is 12.5 Å². The predicted molar refractivity (Wildman–Crippen MR) is 118 cm³/mol. The molecule has 152 valence electrons. The zero-order valence-corrected chi connectivity index (χ0v) is 17.0. The zero-order valence-electron chi connectivity index (χ0n) is 17.0. The second-order valence-corrected chi connectivity index (χ2v) is 7.51. The van der Waals surface area contributed by atoms with E-state index in [1.165, 1.54) is 5.56 Å². The van der Waals surface area contributed by atoms with Gasteiger partial charge in [-0.05, 0) is 67.3 Å². The molecule has 1 N–H and O–H groups in total. The van der Waals surface area contributed by atoms with Gasteiger partial charge in [0.05, 0.1) is 0 Å². The minimum Gasteiger partial charge on any atom is -0.339 e. The Kier molecular flexibility index (Phi) is 6.13. The van der Waals surface area contributed by atoms with E-state index in [4.69, 9.17) is 0 Å². The first kappa shape index (κ1) is 19.8. The van der Waals surface area contributed by atoms with Crippen molar-refractivity contribution in [3.63, 3.8) is 0 Å². The Bertz CT molecular complexity index is 1030. The van der Waals surface area contributed by atoms with Gasteiger partial charge in [0.25, 0.3) is 0 Å². The summed E-state index contributed by atoms with van der Waals surface area (Å²) in [5.41, 5.74) is 3.07. The van der Waals surface area contributed by atoms with Crippen molar-refractivity contribution in [1.29, 1.82) is 0 Å². The minimum absolute atomic E-state index is 0.0416. The number of aromatic nitrogens is 3. The first-order valence-corrected chi connectivity index (χ1v) is 10.2. The highest BCUT2D eigenvalue weighted by Crippen LogP contribution is 2.28. The van der Waals surface area contributed by atoms with Crippen LogP contribution in [0.25, 0.3) is 6.08 Å². The summed E-state index contributed by atoms with van der Waals surface area (Å²) < 4.78 is 0. The molecule has 0 aliphatic carbocycles. The third-order valence-electron chi connectivity index (χ3n) is 5.24. The number of rotatable bonds is 5. The lowest BCUT2D eigenvalue weighted by Gasteiger charge is -2.32. The van der Waals surface area contributed by atoms with E-state index in [9.17, 15) is 4.79 Å². The third-order valence-corrected chi connectivity index (χ3v) is 5.24. The number of likely N-dealkylation sites (tertiary alicyclic amines) is 1. The number of nitrogens with one attached hydrogen (secondary N) is 1. The van der Waals surface area contributed by atoms with Crippen LogP contribution in [0.3, 0.4) is 0 Å². The van der Waals surface area contributed by atoms with Crippen LogP contribution < -0.4 is 5.32 Å². The monoisotopic (exact) mass is 399 g/mol. The van der Waals surface area contributed by atoms with Crippen LogP contribution in [-0.2, 0) is 4.79 Å². The molecule has 1 atom stereocenters. The van der Waals surface area contributed by atoms with Gasteiger partial charge in [-0.25, -0.2) is 9.97 Å². The Morgan fingerprint density at radius 2 is 2.10 bits per heavy atom. The number of pyridine rings is 3. The van der Waals surface area contributed by atoms with Crippen molar-refractivity contribution in [3.05, 3.63) is 84.0 Å². The maximum absolute atomic E-state index is 12.7. The van der Waals surface area contributed by atoms with Crippen LogP contribution in [0.5, 0.6) is 0 Å². The van der Waals surface area contributed by atoms with Crippen LogP contribution in [0.1, 0.15) is 35.6 Å². The smallest absolute Gasteiger partial charge is 0.246 e. The number of anilines is 2. The second kappa shape index (κ2) is 9.31. The summed E-state index contributed by atoms with van der Waals surface area (Å²) in [4.78, 5) is 27.6. The number of hydrogen-bond donors (Lipinski definition) is 1. The molecule has 30 heavy (non-hydrogen) atoms. The first-order valence-electron chi connectivity index (χ1n) is 10.2. The first-order chi connectivity index (χ1) is 14.7. The Hall–Kier alpha value is -3.54. The lowest BCUT2D eigenvalue weighted by atomic mass is 9.91. The number of amides is 1. The fourth-order valence-electron chi connectivity index (χ4n) is 3.71. The molecule has 1 aliphatic heterocycles. The molecule has 0 aromatic carbocycles. The van der Waals surface area contributed by atoms with Crippen LogP contribution >= 0.6 is 0 Å². The summed E-state index contributed by atoms with van der Waals surface area (Å²) in [6, 6.07) is 13.8. The van der Waals surface area contributed by atoms with E-state index in [0.717, 1.165) is 42.3 Å². The second-order valence-electron chi connectivity index (χ2n) is 7.51. The van der Waals surface area contributed by atoms with E-state index in [-0.39, 0.29) is 5.91 Å². The lowest BCUT2D eigenvalue weighted by Crippen LogP contribution is -2.38. The number of piperidine rings is 1. The molecule has 1 amide bonds. The summed E-state index contributed by atoms with van der Waals surface area (Å²) in [5.74, 6) is 1.88. The van der Waals surface area contributed by atoms with Crippen molar-refractivity contribution in [2.45, 2.75) is 25.7 Å². The Labute approximate surface area is 176 Å². The molecular weight excluding hydrogens is 374 g/mol. The molecule has 1 saturated heterocycles. The molecule has 4 rings (SSSR count). The maximum atomic E-state index is 12.7. The highest BCUT2D eigenvalue weighted by Gasteiger charge is 2.24. The van der Waals surface area contributed by atoms with Gasteiger partial charge in [0, 0.05) is 49.4 Å². The quantitative estimate of drug-likeness (QED) is 0.646. The number of nitrogens with zero attached hydrogens (tertiary/aromatic N) is 4. The molecule has 3 aromatic heterocycles. The van der Waals surface area contributed by atoms with E-state index < -0.39 is 0 Å². The van der Waals surface area contributed by atoms with Crippen LogP contribution in [0.15, 0.2) is 67.1 Å². The fourth-order valence-corrected chi connectivity index (χ4v) is 3.71. The molecule has 0 bridgehead atoms. The standard InChI is InChI=1S/C24H25N5O/c1-18-5-2-8-22(27-18)28-23-15-20(11-13-26-23)21-7-4-14-29(17-21)24(30)10-9-19-6-3-12-25-16-19/h2-3,5-6,8-13,15-16,21H,4,7,14,17H2,1H3,(H,26,27,28)/b10-9+. The van der Waals surface area contributed by atoms with Crippen LogP contribution in [0.4, 0.5) is 11.6 Å². The summed E-state index contributed by atoms with van der Waals surface area (Å²) in [6.45, 7) is 3.46. The largest absolute Gasteiger partial charge is 0.339 e. The predicted octanol–water partition coefficient (Wildman–Crippen LogP) is 4.34. The average molecular weight is 399 g/mol. The molecule has 1 fully saturated rings. The number of aryl methyl sites for hydroxylation is 1. The SMILES string of the molecule is Cc1cccc(Nc2cc(C3CCCN(C(=O)/C=C/c4cccnc4)C3)ccn2)n1. The topological polar surface area (TPSA) is 71.0 Å². The zero-order chi connectivity index (χ0) is 20.8. The third kappa shape index (κ3) is 5.08. The summed E-state index contributed by atoms with van der Waals surface area (Å²) >= 11 is 0. The molecule has 0 saturated carbocycles. The van der Waals surface area contributed by atoms with Crippen molar-refractivity contribution in [3.8, 4) is 0 Å². The molecule has 6 heteroatoms. The lowest BCUT2D eigenvalue weighted by molar-refractivity contribution is -0.127. The van der Waals surface area contributed by atoms with Crippen LogP contribution in [-0.4, -0.2) is 38.8 Å². The van der Waals surface area contributed by atoms with Gasteiger partial charge in [0.15, 0.2) is 0 Å². The van der Waals surface area contributed by atoms with Gasteiger partial charge < -0.3 is 10.2 Å². The normalized spacial score (nSPS) is 16.6. The van der Waals surface area contributed by atoms with E-state index in [1.54, 1.807) is 18.5 Å². The van der Waals surface area contributed by atoms with Gasteiger partial charge in [-0.3, -0.25) is 9.78 Å². The molecule has 0 spiro atoms. The van der Waals surface area contributed by atoms with Crippen molar-refractivity contribution in [1.82, 2.24) is 19.9 Å². The van der Waals surface area contributed by atoms with Gasteiger partial charge in [0.1, 0.15) is 11.6 Å². The number of hydrogen-bond acceptors (Lipinski definition) is 5. The van der Waals surface area contributed by atoms with Crippen molar-refractivity contribution < 1.29 is 4.79 Å². The summed E-state index contributed by atoms with van der Waals surface area (Å²) in [6.07, 6.45) is 10.8. The Morgan fingerprint density at radius 3 is 2.93 bits per heavy atom. The highest BCUT2D eigenvalue weighted by atomic mass is 16.2. The minimum atomic E-state index is 0.0416. The van der Waals surface area contributed by atoms with Gasteiger partial charge in [-0.15, -0.1) is 0 Å². The fraction of sp³-hybridized carbons (Fsp3) is 0.250. The molecule has 6 nitrogen and oxygen atoms in total. The van der Waals surface area contributed by atoms with E-state index in [1.807, 2.05) is 60.5 Å². The molecule has 0 radical (unpaired) electrons. The molecule has 4 heterocycles. The summed E-state index contributed by atoms with van der Waals surface area (Å²) in [7, 11) is 0. The van der Waals surface area contributed by atoms with Gasteiger partial charge >= 0.3 is 0 Å². The van der Waals surface area contributed by atoms with E-state index >= 15 is 0 Å². The van der Waals surface area contributed by atoms with Crippen LogP contribution in [0.2, 0.25) is 0 Å². The van der Waals surface area contributed by atoms with Crippen LogP contribution in [0, 0.1) is 6.92 Å². The van der Waals surface area contributed by atoms with Crippen molar-refractivity contribution in [2.75, 3.05) is 18.4 Å². The van der Waals surface area contributed by atoms with Crippen molar-refractivity contribution in [2.24, 2.45) is 0 Å². The highest BCUT2D eigenvalue weighted by molar-refractivity contribution is 5.91. The molecule has 1 aliphatic rings. The number of carbonyl (C=O) groups excluding carboxylic acids is 1. The Balaban J connectivity index is 1.43. The number of carbonyl (C=O) groups is 1. The van der Waals surface area contributed by atoms with Crippen molar-refractivity contribution >= 4 is 23.6 Å². The van der Waals surface area contributed by atoms with E-state index in [2.05, 4.69) is 26.3 Å². The Morgan fingerprint density at radius 1 is 1.17 bits per heavy atom. The molecular formula is C24H25N5O. The van der Waals surface area contributed by atoms with Gasteiger partial charge in [-0.1, -0.05) is 12.1 Å². The van der Waals surface area contributed by atoms with Gasteiger partial charge in [-0.2, -0.15) is 0 Å². The molecule has 1 unspecified atom stereocenters. The molecule has 3 aromatic rings. The maximum Gasteiger partial charge on any atom is 0.246 e. The summed E-state index contributed by atoms with van der Waals surface area (Å²) in [5, 5.41) is 3.28.